The van der Waals surface area contributed by atoms with E-state index in [4.69, 9.17) is 9.73 Å². The highest BCUT2D eigenvalue weighted by Gasteiger charge is 2.25. The van der Waals surface area contributed by atoms with Crippen LogP contribution in [0.4, 0.5) is 10.8 Å². The van der Waals surface area contributed by atoms with Crippen LogP contribution in [0.5, 0.6) is 5.75 Å². The van der Waals surface area contributed by atoms with Crippen LogP contribution in [0.25, 0.3) is 0 Å². The van der Waals surface area contributed by atoms with Crippen molar-refractivity contribution in [3.8, 4) is 5.75 Å². The average Bonchev–Trinajstić information content (AvgIpc) is 3.29. The van der Waals surface area contributed by atoms with Gasteiger partial charge in [-0.25, -0.2) is 4.98 Å². The highest BCUT2D eigenvalue weighted by atomic mass is 32.1. The molecule has 5 nitrogen and oxygen atoms in total. The first kappa shape index (κ1) is 17.4. The second kappa shape index (κ2) is 6.96. The number of rotatable bonds is 4. The summed E-state index contributed by atoms with van der Waals surface area (Å²) in [6.45, 7) is 4.17. The maximum Gasteiger partial charge on any atom is 0.259 e. The summed E-state index contributed by atoms with van der Waals surface area (Å²) in [7, 11) is 1.60. The van der Waals surface area contributed by atoms with Gasteiger partial charge in [0.05, 0.1) is 24.1 Å². The topological polar surface area (TPSA) is 63.6 Å². The highest BCUT2D eigenvalue weighted by Crippen LogP contribution is 2.37. The van der Waals surface area contributed by atoms with Crippen molar-refractivity contribution in [1.29, 1.82) is 0 Å². The molecule has 0 fully saturated rings. The molecule has 0 atom stereocenters. The Morgan fingerprint density at radius 1 is 1.22 bits per heavy atom. The number of hydrogen-bond acceptors (Lipinski definition) is 5. The van der Waals surface area contributed by atoms with Gasteiger partial charge in [-0.05, 0) is 42.7 Å². The van der Waals surface area contributed by atoms with Gasteiger partial charge in [-0.1, -0.05) is 23.8 Å². The van der Waals surface area contributed by atoms with E-state index in [1.165, 1.54) is 22.5 Å². The number of benzene rings is 2. The van der Waals surface area contributed by atoms with E-state index in [9.17, 15) is 4.79 Å². The van der Waals surface area contributed by atoms with Gasteiger partial charge in [0.15, 0.2) is 5.13 Å². The second-order valence-electron chi connectivity index (χ2n) is 6.53. The minimum Gasteiger partial charge on any atom is -0.497 e. The van der Waals surface area contributed by atoms with E-state index >= 15 is 0 Å². The number of anilines is 1. The predicted molar refractivity (Wildman–Crippen MR) is 109 cm³/mol. The highest BCUT2D eigenvalue weighted by molar-refractivity contribution is 7.13. The van der Waals surface area contributed by atoms with Crippen LogP contribution in [0.1, 0.15) is 32.6 Å². The van der Waals surface area contributed by atoms with Crippen molar-refractivity contribution in [1.82, 2.24) is 4.98 Å². The van der Waals surface area contributed by atoms with Crippen LogP contribution in [0.2, 0.25) is 0 Å². The molecule has 2 heterocycles. The molecule has 4 rings (SSSR count). The van der Waals surface area contributed by atoms with Gasteiger partial charge < -0.3 is 4.74 Å². The van der Waals surface area contributed by atoms with Crippen molar-refractivity contribution < 1.29 is 9.53 Å². The van der Waals surface area contributed by atoms with Gasteiger partial charge in [0.1, 0.15) is 5.75 Å². The van der Waals surface area contributed by atoms with E-state index in [0.717, 1.165) is 16.8 Å². The quantitative estimate of drug-likeness (QED) is 0.717. The lowest BCUT2D eigenvalue weighted by Gasteiger charge is -2.09. The number of ether oxygens (including phenoxy) is 1. The molecule has 0 saturated heterocycles. The normalized spacial score (nSPS) is 12.5. The number of nitrogens with one attached hydrogen (secondary N) is 1. The molecule has 136 valence electrons. The van der Waals surface area contributed by atoms with E-state index in [1.807, 2.05) is 11.4 Å². The number of carbonyl (C=O) groups excluding carboxylic acids is 1. The van der Waals surface area contributed by atoms with Gasteiger partial charge in [0.25, 0.3) is 5.91 Å². The van der Waals surface area contributed by atoms with Crippen LogP contribution in [0, 0.1) is 13.8 Å². The summed E-state index contributed by atoms with van der Waals surface area (Å²) in [5, 5.41) is 5.22. The summed E-state index contributed by atoms with van der Waals surface area (Å²) < 4.78 is 5.40. The average molecular weight is 377 g/mol. The summed E-state index contributed by atoms with van der Waals surface area (Å²) in [6.07, 6.45) is 2.33. The fraction of sp³-hybridized carbons (Fsp3) is 0.190. The van der Waals surface area contributed by atoms with Crippen molar-refractivity contribution in [3.05, 3.63) is 69.7 Å². The SMILES string of the molecule is COc1cc2c(c(C(=O)Nc3nccs3)c1)N=C(c1ccc(C)cc1C)C2. The zero-order valence-electron chi connectivity index (χ0n) is 15.4. The number of aromatic nitrogens is 1. The Balaban J connectivity index is 1.75. The van der Waals surface area contributed by atoms with E-state index < -0.39 is 0 Å². The standard InChI is InChI=1S/C21H19N3O2S/c1-12-4-5-16(13(2)8-12)18-10-14-9-15(26-3)11-17(19(14)23-18)20(25)24-21-22-6-7-27-21/h4-9,11H,10H2,1-3H3,(H,22,24,25). The van der Waals surface area contributed by atoms with Crippen LogP contribution in [0.3, 0.4) is 0 Å². The van der Waals surface area contributed by atoms with E-state index in [2.05, 4.69) is 42.3 Å². The number of thiazole rings is 1. The Morgan fingerprint density at radius 3 is 2.78 bits per heavy atom. The van der Waals surface area contributed by atoms with Crippen molar-refractivity contribution in [3.63, 3.8) is 0 Å². The molecule has 1 aliphatic rings. The number of methoxy groups -OCH3 is 1. The lowest BCUT2D eigenvalue weighted by atomic mass is 9.98. The minimum absolute atomic E-state index is 0.231. The minimum atomic E-state index is -0.231. The van der Waals surface area contributed by atoms with Crippen molar-refractivity contribution in [2.45, 2.75) is 20.3 Å². The molecule has 1 N–H and O–H groups in total. The lowest BCUT2D eigenvalue weighted by Crippen LogP contribution is -2.12. The van der Waals surface area contributed by atoms with E-state index in [0.29, 0.717) is 28.6 Å². The van der Waals surface area contributed by atoms with Crippen molar-refractivity contribution in [2.24, 2.45) is 4.99 Å². The fourth-order valence-corrected chi connectivity index (χ4v) is 3.84. The molecule has 1 amide bonds. The molecule has 3 aromatic rings. The fourth-order valence-electron chi connectivity index (χ4n) is 3.32. The summed E-state index contributed by atoms with van der Waals surface area (Å²) in [4.78, 5) is 21.8. The molecule has 0 aliphatic carbocycles. The third kappa shape index (κ3) is 3.36. The van der Waals surface area contributed by atoms with E-state index in [-0.39, 0.29) is 5.91 Å². The van der Waals surface area contributed by atoms with Gasteiger partial charge in [0, 0.05) is 18.0 Å². The number of fused-ring (bicyclic) bond motifs is 1. The van der Waals surface area contributed by atoms with Crippen molar-refractivity contribution in [2.75, 3.05) is 12.4 Å². The van der Waals surface area contributed by atoms with Gasteiger partial charge in [0.2, 0.25) is 0 Å². The van der Waals surface area contributed by atoms with Gasteiger partial charge in [-0.15, -0.1) is 11.3 Å². The third-order valence-corrected chi connectivity index (χ3v) is 5.28. The smallest absolute Gasteiger partial charge is 0.259 e. The molecule has 6 heteroatoms. The third-order valence-electron chi connectivity index (χ3n) is 4.59. The van der Waals surface area contributed by atoms with Gasteiger partial charge in [-0.2, -0.15) is 0 Å². The first-order valence-corrected chi connectivity index (χ1v) is 9.50. The number of aliphatic imine (C=N–C) groups is 1. The second-order valence-corrected chi connectivity index (χ2v) is 7.42. The number of carbonyl (C=O) groups is 1. The number of nitrogens with zero attached hydrogens (tertiary/aromatic N) is 2. The first-order chi connectivity index (χ1) is 13.0. The Labute approximate surface area is 161 Å². The number of hydrogen-bond donors (Lipinski definition) is 1. The number of amides is 1. The zero-order chi connectivity index (χ0) is 19.0. The monoisotopic (exact) mass is 377 g/mol. The van der Waals surface area contributed by atoms with Crippen LogP contribution < -0.4 is 10.1 Å². The van der Waals surface area contributed by atoms with Crippen LogP contribution >= 0.6 is 11.3 Å². The van der Waals surface area contributed by atoms with Gasteiger partial charge in [-0.3, -0.25) is 15.1 Å². The van der Waals surface area contributed by atoms with Crippen LogP contribution in [-0.4, -0.2) is 23.7 Å². The molecule has 0 spiro atoms. The lowest BCUT2D eigenvalue weighted by molar-refractivity contribution is 0.102. The zero-order valence-corrected chi connectivity index (χ0v) is 16.2. The number of aryl methyl sites for hydroxylation is 2. The molecule has 0 bridgehead atoms. The van der Waals surface area contributed by atoms with Gasteiger partial charge >= 0.3 is 0 Å². The summed E-state index contributed by atoms with van der Waals surface area (Å²) in [5.41, 5.74) is 6.69. The Kier molecular flexibility index (Phi) is 4.49. The van der Waals surface area contributed by atoms with Crippen LogP contribution in [-0.2, 0) is 6.42 Å². The maximum absolute atomic E-state index is 12.8. The molecule has 1 aliphatic heterocycles. The van der Waals surface area contributed by atoms with Crippen molar-refractivity contribution >= 4 is 33.8 Å². The molecular weight excluding hydrogens is 358 g/mol. The Hall–Kier alpha value is -2.99. The predicted octanol–water partition coefficient (Wildman–Crippen LogP) is 4.70. The van der Waals surface area contributed by atoms with E-state index in [1.54, 1.807) is 19.4 Å². The Morgan fingerprint density at radius 2 is 2.07 bits per heavy atom. The maximum atomic E-state index is 12.8. The molecule has 0 unspecified atom stereocenters. The Bertz CT molecular complexity index is 1060. The molecule has 27 heavy (non-hydrogen) atoms. The first-order valence-electron chi connectivity index (χ1n) is 8.62. The summed E-state index contributed by atoms with van der Waals surface area (Å²) >= 11 is 1.38. The molecular formula is C21H19N3O2S. The molecule has 0 radical (unpaired) electrons. The summed E-state index contributed by atoms with van der Waals surface area (Å²) in [6, 6.07) is 10.0. The largest absolute Gasteiger partial charge is 0.497 e. The molecule has 1 aromatic heterocycles. The van der Waals surface area contributed by atoms with Crippen LogP contribution in [0.15, 0.2) is 46.9 Å². The summed E-state index contributed by atoms with van der Waals surface area (Å²) in [5.74, 6) is 0.417. The molecule has 2 aromatic carbocycles. The molecule has 0 saturated carbocycles.